The van der Waals surface area contributed by atoms with Crippen molar-refractivity contribution >= 4 is 34.1 Å². The van der Waals surface area contributed by atoms with Gasteiger partial charge in [-0.1, -0.05) is 11.8 Å². The molecular weight excluding hydrogens is 382 g/mol. The van der Waals surface area contributed by atoms with Crippen molar-refractivity contribution in [1.29, 1.82) is 0 Å². The van der Waals surface area contributed by atoms with E-state index in [2.05, 4.69) is 14.9 Å². The number of hydrogen-bond donors (Lipinski definition) is 0. The number of fused-ring (bicyclic) bond motifs is 2. The zero-order chi connectivity index (χ0) is 18.5. The van der Waals surface area contributed by atoms with Crippen molar-refractivity contribution in [3.05, 3.63) is 33.7 Å². The first-order valence-electron chi connectivity index (χ1n) is 9.23. The fraction of sp³-hybridized carbons (Fsp3) is 0.556. The molecule has 7 nitrogen and oxygen atoms in total. The quantitative estimate of drug-likeness (QED) is 0.726. The van der Waals surface area contributed by atoms with Crippen molar-refractivity contribution in [3.63, 3.8) is 0 Å². The molecule has 2 aromatic heterocycles. The van der Waals surface area contributed by atoms with Gasteiger partial charge in [-0.05, 0) is 6.92 Å². The summed E-state index contributed by atoms with van der Waals surface area (Å²) >= 11 is 3.24. The van der Waals surface area contributed by atoms with Gasteiger partial charge in [0.1, 0.15) is 0 Å². The average molecular weight is 404 g/mol. The Morgan fingerprint density at radius 2 is 2.00 bits per heavy atom. The minimum Gasteiger partial charge on any atom is -0.347 e. The maximum absolute atomic E-state index is 12.9. The lowest BCUT2D eigenvalue weighted by Crippen LogP contribution is -2.36. The molecular formula is C18H21N5O2S2. The van der Waals surface area contributed by atoms with Crippen LogP contribution in [0.1, 0.15) is 18.0 Å². The molecule has 0 saturated carbocycles. The Kier molecular flexibility index (Phi) is 4.23. The van der Waals surface area contributed by atoms with Crippen molar-refractivity contribution in [1.82, 2.24) is 19.4 Å². The fourth-order valence-electron chi connectivity index (χ4n) is 4.43. The lowest BCUT2D eigenvalue weighted by Gasteiger charge is -2.23. The number of thioether (sulfide) groups is 1. The zero-order valence-electron chi connectivity index (χ0n) is 15.1. The van der Waals surface area contributed by atoms with Crippen molar-refractivity contribution in [2.45, 2.75) is 24.5 Å². The molecule has 3 aliphatic heterocycles. The third-order valence-electron chi connectivity index (χ3n) is 5.84. The Bertz CT molecular complexity index is 914. The molecule has 9 heteroatoms. The number of rotatable bonds is 3. The third-order valence-corrected chi connectivity index (χ3v) is 7.78. The normalized spacial score (nSPS) is 26.5. The van der Waals surface area contributed by atoms with Crippen LogP contribution in [-0.2, 0) is 4.79 Å². The second kappa shape index (κ2) is 6.63. The van der Waals surface area contributed by atoms with E-state index in [1.54, 1.807) is 40.8 Å². The number of aryl methyl sites for hydroxylation is 1. The molecule has 3 atom stereocenters. The van der Waals surface area contributed by atoms with Gasteiger partial charge in [-0.3, -0.25) is 14.2 Å². The predicted octanol–water partition coefficient (Wildman–Crippen LogP) is 1.64. The number of aromatic nitrogens is 3. The predicted molar refractivity (Wildman–Crippen MR) is 105 cm³/mol. The highest BCUT2D eigenvalue weighted by molar-refractivity contribution is 7.99. The summed E-state index contributed by atoms with van der Waals surface area (Å²) in [6, 6.07) is -0.0790. The van der Waals surface area contributed by atoms with Gasteiger partial charge in [0.2, 0.25) is 5.91 Å². The number of nitrogens with zero attached hydrogens (tertiary/aromatic N) is 5. The van der Waals surface area contributed by atoms with Gasteiger partial charge in [0, 0.05) is 73.5 Å². The van der Waals surface area contributed by atoms with Gasteiger partial charge in [-0.25, -0.2) is 9.97 Å². The molecule has 5 heterocycles. The molecule has 2 saturated heterocycles. The standard InChI is InChI=1S/C18H21N5O2S2/c1-11-5-20-18-23(16(11)25)14(10-27-18)4-15(24)21-6-12-8-22(9-13(12)7-21)17-19-2-3-26-17/h2-3,5,12-14H,4,6-10H2,1H3. The Labute approximate surface area is 165 Å². The number of anilines is 1. The first-order chi connectivity index (χ1) is 13.1. The highest BCUT2D eigenvalue weighted by Crippen LogP contribution is 2.36. The molecule has 27 heavy (non-hydrogen) atoms. The Balaban J connectivity index is 1.24. The van der Waals surface area contributed by atoms with E-state index in [0.717, 1.165) is 42.2 Å². The molecule has 3 unspecified atom stereocenters. The van der Waals surface area contributed by atoms with Gasteiger partial charge in [-0.15, -0.1) is 11.3 Å². The van der Waals surface area contributed by atoms with Crippen LogP contribution < -0.4 is 10.5 Å². The van der Waals surface area contributed by atoms with Crippen LogP contribution in [0.2, 0.25) is 0 Å². The van der Waals surface area contributed by atoms with E-state index in [0.29, 0.717) is 23.8 Å². The summed E-state index contributed by atoms with van der Waals surface area (Å²) < 4.78 is 1.72. The molecule has 1 amide bonds. The first-order valence-corrected chi connectivity index (χ1v) is 11.1. The van der Waals surface area contributed by atoms with Crippen molar-refractivity contribution in [2.24, 2.45) is 11.8 Å². The third kappa shape index (κ3) is 2.97. The molecule has 142 valence electrons. The maximum atomic E-state index is 12.9. The summed E-state index contributed by atoms with van der Waals surface area (Å²) in [5.41, 5.74) is 0.622. The first kappa shape index (κ1) is 17.2. The van der Waals surface area contributed by atoms with Crippen LogP contribution in [0.4, 0.5) is 5.13 Å². The largest absolute Gasteiger partial charge is 0.347 e. The lowest BCUT2D eigenvalue weighted by atomic mass is 10.0. The minimum atomic E-state index is -0.0790. The SMILES string of the molecule is Cc1cnc2n(c1=O)C(CC(=O)N1CC3CN(c4nccs4)CC3C1)CS2. The highest BCUT2D eigenvalue weighted by Gasteiger charge is 2.42. The summed E-state index contributed by atoms with van der Waals surface area (Å²) in [4.78, 5) is 38.5. The molecule has 0 radical (unpaired) electrons. The van der Waals surface area contributed by atoms with E-state index in [4.69, 9.17) is 0 Å². The lowest BCUT2D eigenvalue weighted by molar-refractivity contribution is -0.131. The van der Waals surface area contributed by atoms with Crippen molar-refractivity contribution in [2.75, 3.05) is 36.8 Å². The number of thiazole rings is 1. The minimum absolute atomic E-state index is 0.0137. The van der Waals surface area contributed by atoms with Crippen molar-refractivity contribution in [3.8, 4) is 0 Å². The summed E-state index contributed by atoms with van der Waals surface area (Å²) in [6.45, 7) is 5.37. The average Bonchev–Trinajstić information content (AvgIpc) is 3.39. The molecule has 0 aliphatic carbocycles. The van der Waals surface area contributed by atoms with Crippen LogP contribution >= 0.6 is 23.1 Å². The van der Waals surface area contributed by atoms with Crippen LogP contribution in [0.5, 0.6) is 0 Å². The zero-order valence-corrected chi connectivity index (χ0v) is 16.7. The topological polar surface area (TPSA) is 71.3 Å². The van der Waals surface area contributed by atoms with Crippen LogP contribution in [-0.4, -0.2) is 57.3 Å². The molecule has 0 spiro atoms. The Morgan fingerprint density at radius 3 is 2.70 bits per heavy atom. The monoisotopic (exact) mass is 403 g/mol. The number of hydrogen-bond acceptors (Lipinski definition) is 7. The van der Waals surface area contributed by atoms with E-state index in [1.165, 1.54) is 0 Å². The van der Waals surface area contributed by atoms with Gasteiger partial charge in [0.05, 0.1) is 6.04 Å². The number of carbonyl (C=O) groups excluding carboxylic acids is 1. The molecule has 2 fully saturated rings. The second-order valence-corrected chi connectivity index (χ2v) is 9.47. The van der Waals surface area contributed by atoms with Crippen LogP contribution in [0.15, 0.2) is 27.7 Å². The van der Waals surface area contributed by atoms with E-state index in [1.807, 2.05) is 16.5 Å². The Morgan fingerprint density at radius 1 is 1.22 bits per heavy atom. The number of likely N-dealkylation sites (tertiary alicyclic amines) is 1. The molecule has 3 aliphatic rings. The van der Waals surface area contributed by atoms with E-state index >= 15 is 0 Å². The van der Waals surface area contributed by atoms with Gasteiger partial charge in [0.15, 0.2) is 10.3 Å². The molecule has 5 rings (SSSR count). The maximum Gasteiger partial charge on any atom is 0.257 e. The molecule has 0 aromatic carbocycles. The van der Waals surface area contributed by atoms with Crippen molar-refractivity contribution < 1.29 is 4.79 Å². The number of amides is 1. The van der Waals surface area contributed by atoms with Gasteiger partial charge in [0.25, 0.3) is 5.56 Å². The number of carbonyl (C=O) groups is 1. The Hall–Kier alpha value is -1.87. The van der Waals surface area contributed by atoms with Crippen LogP contribution in [0, 0.1) is 18.8 Å². The summed E-state index contributed by atoms with van der Waals surface area (Å²) in [5.74, 6) is 1.96. The summed E-state index contributed by atoms with van der Waals surface area (Å²) in [6.07, 6.45) is 3.86. The van der Waals surface area contributed by atoms with E-state index in [9.17, 15) is 9.59 Å². The van der Waals surface area contributed by atoms with Gasteiger partial charge < -0.3 is 9.80 Å². The van der Waals surface area contributed by atoms with E-state index in [-0.39, 0.29) is 17.5 Å². The molecule has 0 bridgehead atoms. The van der Waals surface area contributed by atoms with Crippen LogP contribution in [0.25, 0.3) is 0 Å². The fourth-order valence-corrected chi connectivity index (χ4v) is 6.20. The summed E-state index contributed by atoms with van der Waals surface area (Å²) in [5, 5.41) is 3.83. The highest BCUT2D eigenvalue weighted by atomic mass is 32.2. The van der Waals surface area contributed by atoms with E-state index < -0.39 is 0 Å². The smallest absolute Gasteiger partial charge is 0.257 e. The van der Waals surface area contributed by atoms with Gasteiger partial charge in [-0.2, -0.15) is 0 Å². The summed E-state index contributed by atoms with van der Waals surface area (Å²) in [7, 11) is 0. The molecule has 2 aromatic rings. The molecule has 0 N–H and O–H groups in total. The van der Waals surface area contributed by atoms with Crippen LogP contribution in [0.3, 0.4) is 0 Å². The van der Waals surface area contributed by atoms with Gasteiger partial charge >= 0.3 is 0 Å². The second-order valence-electron chi connectivity index (χ2n) is 7.61.